The van der Waals surface area contributed by atoms with Crippen molar-refractivity contribution in [2.45, 2.75) is 26.3 Å². The van der Waals surface area contributed by atoms with Gasteiger partial charge in [-0.05, 0) is 20.8 Å². The van der Waals surface area contributed by atoms with E-state index in [-0.39, 0.29) is 5.69 Å². The number of rotatable bonds is 4. The second kappa shape index (κ2) is 4.44. The number of pyridine rings is 1. The first-order valence-corrected chi connectivity index (χ1v) is 4.82. The van der Waals surface area contributed by atoms with Gasteiger partial charge in [0.05, 0.1) is 4.92 Å². The van der Waals surface area contributed by atoms with Crippen LogP contribution in [0.4, 0.5) is 5.69 Å². The molecule has 1 rings (SSSR count). The van der Waals surface area contributed by atoms with E-state index < -0.39 is 10.5 Å². The number of ether oxygens (including phenoxy) is 1. The van der Waals surface area contributed by atoms with Crippen LogP contribution in [-0.4, -0.2) is 22.1 Å². The molecule has 0 saturated carbocycles. The van der Waals surface area contributed by atoms with Gasteiger partial charge >= 0.3 is 0 Å². The zero-order valence-electron chi connectivity index (χ0n) is 9.56. The molecule has 2 N–H and O–H groups in total. The number of nitro groups is 1. The van der Waals surface area contributed by atoms with E-state index in [0.717, 1.165) is 0 Å². The lowest BCUT2D eigenvalue weighted by molar-refractivity contribution is -0.385. The van der Waals surface area contributed by atoms with Crippen LogP contribution in [0, 0.1) is 17.0 Å². The average Bonchev–Trinajstić information content (AvgIpc) is 2.13. The lowest BCUT2D eigenvalue weighted by atomic mass is 10.1. The maximum Gasteiger partial charge on any atom is 0.290 e. The molecule has 88 valence electrons. The van der Waals surface area contributed by atoms with Crippen LogP contribution >= 0.6 is 0 Å². The van der Waals surface area contributed by atoms with Crippen molar-refractivity contribution in [1.82, 2.24) is 4.98 Å². The monoisotopic (exact) mass is 225 g/mol. The summed E-state index contributed by atoms with van der Waals surface area (Å²) in [6, 6.07) is 1.53. The quantitative estimate of drug-likeness (QED) is 0.618. The highest BCUT2D eigenvalue weighted by molar-refractivity contribution is 5.39. The standard InChI is InChI=1S/C10H15N3O3/c1-7-4-9(16-6-10(2,3)11)12-5-8(7)13(14)15/h4-5H,6,11H2,1-3H3. The molecule has 0 saturated heterocycles. The summed E-state index contributed by atoms with van der Waals surface area (Å²) >= 11 is 0. The van der Waals surface area contributed by atoms with Gasteiger partial charge in [-0.3, -0.25) is 10.1 Å². The normalized spacial score (nSPS) is 11.2. The molecule has 0 aliphatic heterocycles. The first-order chi connectivity index (χ1) is 7.29. The van der Waals surface area contributed by atoms with E-state index in [2.05, 4.69) is 4.98 Å². The lowest BCUT2D eigenvalue weighted by Gasteiger charge is -2.18. The fourth-order valence-corrected chi connectivity index (χ4v) is 1.05. The van der Waals surface area contributed by atoms with Crippen molar-refractivity contribution >= 4 is 5.69 Å². The predicted octanol–water partition coefficient (Wildman–Crippen LogP) is 1.41. The molecule has 0 aromatic carbocycles. The van der Waals surface area contributed by atoms with Crippen LogP contribution in [-0.2, 0) is 0 Å². The zero-order valence-corrected chi connectivity index (χ0v) is 9.56. The van der Waals surface area contributed by atoms with Gasteiger partial charge in [0.25, 0.3) is 5.69 Å². The van der Waals surface area contributed by atoms with Crippen LogP contribution in [0.15, 0.2) is 12.3 Å². The molecule has 0 fully saturated rings. The molecule has 1 aromatic rings. The number of aryl methyl sites for hydroxylation is 1. The SMILES string of the molecule is Cc1cc(OCC(C)(C)N)ncc1[N+](=O)[O-]. The Hall–Kier alpha value is -1.69. The van der Waals surface area contributed by atoms with Gasteiger partial charge in [-0.15, -0.1) is 0 Å². The Morgan fingerprint density at radius 2 is 2.25 bits per heavy atom. The summed E-state index contributed by atoms with van der Waals surface area (Å²) in [7, 11) is 0. The molecule has 0 bridgehead atoms. The smallest absolute Gasteiger partial charge is 0.290 e. The molecule has 16 heavy (non-hydrogen) atoms. The molecular formula is C10H15N3O3. The predicted molar refractivity (Wildman–Crippen MR) is 59.4 cm³/mol. The molecule has 1 heterocycles. The van der Waals surface area contributed by atoms with Crippen molar-refractivity contribution in [2.75, 3.05) is 6.61 Å². The molecule has 6 heteroatoms. The van der Waals surface area contributed by atoms with E-state index in [1.165, 1.54) is 12.3 Å². The molecule has 6 nitrogen and oxygen atoms in total. The van der Waals surface area contributed by atoms with Gasteiger partial charge in [0.1, 0.15) is 12.8 Å². The molecule has 0 radical (unpaired) electrons. The third kappa shape index (κ3) is 3.47. The van der Waals surface area contributed by atoms with E-state index in [0.29, 0.717) is 18.1 Å². The van der Waals surface area contributed by atoms with E-state index >= 15 is 0 Å². The third-order valence-electron chi connectivity index (χ3n) is 1.85. The zero-order chi connectivity index (χ0) is 12.3. The van der Waals surface area contributed by atoms with Crippen LogP contribution in [0.25, 0.3) is 0 Å². The second-order valence-electron chi connectivity index (χ2n) is 4.34. The molecule has 0 spiro atoms. The Balaban J connectivity index is 2.78. The number of aromatic nitrogens is 1. The summed E-state index contributed by atoms with van der Waals surface area (Å²) in [6.45, 7) is 5.59. The minimum Gasteiger partial charge on any atom is -0.476 e. The molecule has 0 aliphatic rings. The molecular weight excluding hydrogens is 210 g/mol. The summed E-state index contributed by atoms with van der Waals surface area (Å²) in [5.41, 5.74) is 5.78. The highest BCUT2D eigenvalue weighted by atomic mass is 16.6. The van der Waals surface area contributed by atoms with Gasteiger partial charge < -0.3 is 10.5 Å². The largest absolute Gasteiger partial charge is 0.476 e. The molecule has 0 atom stereocenters. The Labute approximate surface area is 93.6 Å². The number of hydrogen-bond acceptors (Lipinski definition) is 5. The fourth-order valence-electron chi connectivity index (χ4n) is 1.05. The Morgan fingerprint density at radius 1 is 1.62 bits per heavy atom. The van der Waals surface area contributed by atoms with Gasteiger partial charge in [0.2, 0.25) is 5.88 Å². The van der Waals surface area contributed by atoms with Crippen molar-refractivity contribution in [2.24, 2.45) is 5.73 Å². The van der Waals surface area contributed by atoms with Crippen molar-refractivity contribution in [3.05, 3.63) is 27.9 Å². The molecule has 1 aromatic heterocycles. The van der Waals surface area contributed by atoms with Gasteiger partial charge in [0, 0.05) is 17.2 Å². The van der Waals surface area contributed by atoms with E-state index in [4.69, 9.17) is 10.5 Å². The number of nitrogens with two attached hydrogens (primary N) is 1. The van der Waals surface area contributed by atoms with Gasteiger partial charge in [0.15, 0.2) is 0 Å². The van der Waals surface area contributed by atoms with Crippen LogP contribution in [0.5, 0.6) is 5.88 Å². The van der Waals surface area contributed by atoms with Crippen LogP contribution in [0.3, 0.4) is 0 Å². The summed E-state index contributed by atoms with van der Waals surface area (Å²) in [5, 5.41) is 10.6. The van der Waals surface area contributed by atoms with Crippen molar-refractivity contribution in [3.63, 3.8) is 0 Å². The first-order valence-electron chi connectivity index (χ1n) is 4.82. The van der Waals surface area contributed by atoms with Crippen LogP contribution in [0.1, 0.15) is 19.4 Å². The Morgan fingerprint density at radius 3 is 2.69 bits per heavy atom. The van der Waals surface area contributed by atoms with Crippen LogP contribution in [0.2, 0.25) is 0 Å². The summed E-state index contributed by atoms with van der Waals surface area (Å²) < 4.78 is 5.33. The number of hydrogen-bond donors (Lipinski definition) is 1. The summed E-state index contributed by atoms with van der Waals surface area (Å²) in [6.07, 6.45) is 1.19. The Bertz CT molecular complexity index is 399. The molecule has 0 amide bonds. The highest BCUT2D eigenvalue weighted by Crippen LogP contribution is 2.20. The van der Waals surface area contributed by atoms with Gasteiger partial charge in [-0.1, -0.05) is 0 Å². The van der Waals surface area contributed by atoms with E-state index in [1.807, 2.05) is 13.8 Å². The molecule has 0 aliphatic carbocycles. The first kappa shape index (κ1) is 12.4. The average molecular weight is 225 g/mol. The second-order valence-corrected chi connectivity index (χ2v) is 4.34. The van der Waals surface area contributed by atoms with Crippen molar-refractivity contribution in [1.29, 1.82) is 0 Å². The summed E-state index contributed by atoms with van der Waals surface area (Å²) in [5.74, 6) is 0.349. The minimum absolute atomic E-state index is 0.0145. The van der Waals surface area contributed by atoms with Crippen LogP contribution < -0.4 is 10.5 Å². The lowest BCUT2D eigenvalue weighted by Crippen LogP contribution is -2.38. The third-order valence-corrected chi connectivity index (χ3v) is 1.85. The highest BCUT2D eigenvalue weighted by Gasteiger charge is 2.15. The summed E-state index contributed by atoms with van der Waals surface area (Å²) in [4.78, 5) is 13.9. The van der Waals surface area contributed by atoms with Gasteiger partial charge in [-0.25, -0.2) is 4.98 Å². The van der Waals surface area contributed by atoms with Crippen molar-refractivity contribution in [3.8, 4) is 5.88 Å². The fraction of sp³-hybridized carbons (Fsp3) is 0.500. The van der Waals surface area contributed by atoms with Gasteiger partial charge in [-0.2, -0.15) is 0 Å². The van der Waals surface area contributed by atoms with E-state index in [1.54, 1.807) is 6.92 Å². The molecule has 0 unspecified atom stereocenters. The topological polar surface area (TPSA) is 91.3 Å². The Kier molecular flexibility index (Phi) is 3.44. The maximum atomic E-state index is 10.6. The van der Waals surface area contributed by atoms with Crippen molar-refractivity contribution < 1.29 is 9.66 Å². The van der Waals surface area contributed by atoms with E-state index in [9.17, 15) is 10.1 Å². The maximum absolute atomic E-state index is 10.6. The minimum atomic E-state index is -0.473. The number of nitrogens with zero attached hydrogens (tertiary/aromatic N) is 2.